The molecule has 0 spiro atoms. The molecule has 0 fully saturated rings. The molecule has 0 unspecified atom stereocenters. The normalized spacial score (nSPS) is 10.3. The summed E-state index contributed by atoms with van der Waals surface area (Å²) in [6, 6.07) is 6.75. The second-order valence-electron chi connectivity index (χ2n) is 3.56. The fourth-order valence-corrected chi connectivity index (χ4v) is 1.48. The molecule has 0 aliphatic rings. The Morgan fingerprint density at radius 3 is 2.69 bits per heavy atom. The molecule has 0 saturated carbocycles. The van der Waals surface area contributed by atoms with Crippen LogP contribution in [0.15, 0.2) is 35.0 Å². The van der Waals surface area contributed by atoms with Crippen molar-refractivity contribution in [2.45, 2.75) is 13.3 Å². The van der Waals surface area contributed by atoms with E-state index in [0.29, 0.717) is 17.7 Å². The van der Waals surface area contributed by atoms with Crippen LogP contribution < -0.4 is 0 Å². The summed E-state index contributed by atoms with van der Waals surface area (Å²) in [7, 11) is 0. The molecule has 1 heterocycles. The highest BCUT2D eigenvalue weighted by atomic mass is 16.5. The van der Waals surface area contributed by atoms with Gasteiger partial charge in [-0.15, -0.1) is 0 Å². The first-order valence-electron chi connectivity index (χ1n) is 4.89. The number of aromatic nitrogens is 1. The predicted molar refractivity (Wildman–Crippen MR) is 57.4 cm³/mol. The number of ketones is 1. The first-order chi connectivity index (χ1) is 7.66. The van der Waals surface area contributed by atoms with Gasteiger partial charge < -0.3 is 9.63 Å². The standard InChI is InChI=1S/C12H11NO3/c1-8(14)11-7-13-16-12(11)6-9-2-4-10(15)5-3-9/h2-5,7,15H,6H2,1H3. The molecule has 4 heteroatoms. The van der Waals surface area contributed by atoms with Crippen LogP contribution in [-0.2, 0) is 6.42 Å². The van der Waals surface area contributed by atoms with Gasteiger partial charge in [-0.05, 0) is 24.6 Å². The maximum absolute atomic E-state index is 11.2. The van der Waals surface area contributed by atoms with E-state index in [9.17, 15) is 4.79 Å². The number of nitrogens with zero attached hydrogens (tertiary/aromatic N) is 1. The Balaban J connectivity index is 2.23. The molecule has 0 atom stereocenters. The van der Waals surface area contributed by atoms with Gasteiger partial charge in [0.25, 0.3) is 0 Å². The van der Waals surface area contributed by atoms with Crippen molar-refractivity contribution in [2.24, 2.45) is 0 Å². The molecular weight excluding hydrogens is 206 g/mol. The number of Topliss-reactive ketones (excluding diaryl/α,β-unsaturated/α-hetero) is 1. The second-order valence-corrected chi connectivity index (χ2v) is 3.56. The molecule has 0 aliphatic heterocycles. The molecule has 0 amide bonds. The van der Waals surface area contributed by atoms with Crippen LogP contribution in [0.1, 0.15) is 28.6 Å². The van der Waals surface area contributed by atoms with Gasteiger partial charge in [0.05, 0.1) is 11.8 Å². The molecular formula is C12H11NO3. The summed E-state index contributed by atoms with van der Waals surface area (Å²) < 4.78 is 5.03. The van der Waals surface area contributed by atoms with E-state index in [2.05, 4.69) is 5.16 Å². The van der Waals surface area contributed by atoms with Gasteiger partial charge in [0.15, 0.2) is 11.5 Å². The smallest absolute Gasteiger partial charge is 0.165 e. The molecule has 1 N–H and O–H groups in total. The lowest BCUT2D eigenvalue weighted by Crippen LogP contribution is -1.96. The first-order valence-corrected chi connectivity index (χ1v) is 4.89. The summed E-state index contributed by atoms with van der Waals surface area (Å²) in [5, 5.41) is 12.7. The molecule has 1 aromatic heterocycles. The first kappa shape index (κ1) is 10.4. The highest BCUT2D eigenvalue weighted by molar-refractivity contribution is 5.94. The third-order valence-corrected chi connectivity index (χ3v) is 2.33. The van der Waals surface area contributed by atoms with Gasteiger partial charge in [0.2, 0.25) is 0 Å². The van der Waals surface area contributed by atoms with Crippen molar-refractivity contribution in [1.82, 2.24) is 5.16 Å². The summed E-state index contributed by atoms with van der Waals surface area (Å²) in [5.74, 6) is 0.710. The SMILES string of the molecule is CC(=O)c1cnoc1Cc1ccc(O)cc1. The number of phenolic OH excluding ortho intramolecular Hbond substituents is 1. The van der Waals surface area contributed by atoms with Gasteiger partial charge in [0, 0.05) is 6.42 Å². The maximum atomic E-state index is 11.2. The Morgan fingerprint density at radius 2 is 2.06 bits per heavy atom. The van der Waals surface area contributed by atoms with Crippen molar-refractivity contribution in [1.29, 1.82) is 0 Å². The van der Waals surface area contributed by atoms with Gasteiger partial charge in [0.1, 0.15) is 5.75 Å². The zero-order valence-electron chi connectivity index (χ0n) is 8.80. The van der Waals surface area contributed by atoms with Crippen LogP contribution in [-0.4, -0.2) is 16.0 Å². The lowest BCUT2D eigenvalue weighted by molar-refractivity contribution is 0.101. The molecule has 4 nitrogen and oxygen atoms in total. The minimum atomic E-state index is -0.0602. The van der Waals surface area contributed by atoms with Gasteiger partial charge in [-0.1, -0.05) is 17.3 Å². The lowest BCUT2D eigenvalue weighted by atomic mass is 10.1. The predicted octanol–water partition coefficient (Wildman–Crippen LogP) is 2.17. The van der Waals surface area contributed by atoms with Crippen LogP contribution >= 0.6 is 0 Å². The molecule has 16 heavy (non-hydrogen) atoms. The van der Waals surface area contributed by atoms with Crippen LogP contribution in [0, 0.1) is 0 Å². The third kappa shape index (κ3) is 2.11. The number of hydrogen-bond acceptors (Lipinski definition) is 4. The zero-order chi connectivity index (χ0) is 11.5. The monoisotopic (exact) mass is 217 g/mol. The van der Waals surface area contributed by atoms with E-state index in [1.165, 1.54) is 13.1 Å². The van der Waals surface area contributed by atoms with E-state index in [4.69, 9.17) is 9.63 Å². The number of phenols is 1. The van der Waals surface area contributed by atoms with Crippen LogP contribution in [0.5, 0.6) is 5.75 Å². The lowest BCUT2D eigenvalue weighted by Gasteiger charge is -1.99. The van der Waals surface area contributed by atoms with Crippen molar-refractivity contribution in [3.63, 3.8) is 0 Å². The van der Waals surface area contributed by atoms with Crippen molar-refractivity contribution in [2.75, 3.05) is 0 Å². The number of rotatable bonds is 3. The van der Waals surface area contributed by atoms with Crippen molar-refractivity contribution in [3.8, 4) is 5.75 Å². The fourth-order valence-electron chi connectivity index (χ4n) is 1.48. The highest BCUT2D eigenvalue weighted by Gasteiger charge is 2.12. The van der Waals surface area contributed by atoms with E-state index in [1.807, 2.05) is 0 Å². The summed E-state index contributed by atoms with van der Waals surface area (Å²) in [6.45, 7) is 1.48. The maximum Gasteiger partial charge on any atom is 0.165 e. The molecule has 0 saturated heterocycles. The molecule has 82 valence electrons. The van der Waals surface area contributed by atoms with E-state index >= 15 is 0 Å². The minimum Gasteiger partial charge on any atom is -0.508 e. The van der Waals surface area contributed by atoms with Crippen molar-refractivity contribution < 1.29 is 14.4 Å². The van der Waals surface area contributed by atoms with E-state index < -0.39 is 0 Å². The summed E-state index contributed by atoms with van der Waals surface area (Å²) >= 11 is 0. The van der Waals surface area contributed by atoms with Gasteiger partial charge in [-0.25, -0.2) is 0 Å². The third-order valence-electron chi connectivity index (χ3n) is 2.33. The van der Waals surface area contributed by atoms with Gasteiger partial charge in [-0.3, -0.25) is 4.79 Å². The summed E-state index contributed by atoms with van der Waals surface area (Å²) in [4.78, 5) is 11.2. The fraction of sp³-hybridized carbons (Fsp3) is 0.167. The minimum absolute atomic E-state index is 0.0602. The highest BCUT2D eigenvalue weighted by Crippen LogP contribution is 2.16. The average molecular weight is 217 g/mol. The van der Waals surface area contributed by atoms with Crippen LogP contribution in [0.3, 0.4) is 0 Å². The number of aromatic hydroxyl groups is 1. The Bertz CT molecular complexity index is 499. The summed E-state index contributed by atoms with van der Waals surface area (Å²) in [5.41, 5.74) is 1.46. The Hall–Kier alpha value is -2.10. The molecule has 0 radical (unpaired) electrons. The Labute approximate surface area is 92.5 Å². The van der Waals surface area contributed by atoms with Crippen LogP contribution in [0.4, 0.5) is 0 Å². The second kappa shape index (κ2) is 4.18. The van der Waals surface area contributed by atoms with Crippen molar-refractivity contribution >= 4 is 5.78 Å². The van der Waals surface area contributed by atoms with Crippen LogP contribution in [0.2, 0.25) is 0 Å². The number of benzene rings is 1. The number of hydrogen-bond donors (Lipinski definition) is 1. The average Bonchev–Trinajstić information content (AvgIpc) is 2.69. The Morgan fingerprint density at radius 1 is 1.38 bits per heavy atom. The molecule has 2 aromatic rings. The quantitative estimate of drug-likeness (QED) is 0.800. The zero-order valence-corrected chi connectivity index (χ0v) is 8.80. The summed E-state index contributed by atoms with van der Waals surface area (Å²) in [6.07, 6.45) is 1.92. The molecule has 0 bridgehead atoms. The topological polar surface area (TPSA) is 63.3 Å². The number of carbonyl (C=O) groups is 1. The van der Waals surface area contributed by atoms with E-state index in [1.54, 1.807) is 24.3 Å². The Kier molecular flexibility index (Phi) is 2.72. The van der Waals surface area contributed by atoms with E-state index in [-0.39, 0.29) is 11.5 Å². The van der Waals surface area contributed by atoms with Crippen LogP contribution in [0.25, 0.3) is 0 Å². The largest absolute Gasteiger partial charge is 0.508 e. The molecule has 2 rings (SSSR count). The van der Waals surface area contributed by atoms with Gasteiger partial charge >= 0.3 is 0 Å². The molecule has 0 aliphatic carbocycles. The van der Waals surface area contributed by atoms with E-state index in [0.717, 1.165) is 5.56 Å². The number of carbonyl (C=O) groups excluding carboxylic acids is 1. The molecule has 1 aromatic carbocycles. The van der Waals surface area contributed by atoms with Gasteiger partial charge in [-0.2, -0.15) is 0 Å². The van der Waals surface area contributed by atoms with Crippen molar-refractivity contribution in [3.05, 3.63) is 47.3 Å².